The molecular weight excluding hydrogens is 525 g/mol. The Hall–Kier alpha value is -1.23. The van der Waals surface area contributed by atoms with Crippen LogP contribution in [0, 0.1) is 28.1 Å². The van der Waals surface area contributed by atoms with E-state index in [0.29, 0.717) is 12.8 Å². The number of hydrogen-bond donors (Lipinski definition) is 3. The Balaban J connectivity index is 1.52. The Morgan fingerprint density at radius 1 is 1.28 bits per heavy atom. The molecule has 1 heterocycles. The number of hydrogen-bond acceptors (Lipinski definition) is 9. The van der Waals surface area contributed by atoms with Crippen molar-refractivity contribution < 1.29 is 42.7 Å². The molecule has 3 unspecified atom stereocenters. The molecule has 0 spiro atoms. The summed E-state index contributed by atoms with van der Waals surface area (Å²) in [5.74, 6) is -0.722. The van der Waals surface area contributed by atoms with Crippen molar-refractivity contribution in [2.75, 3.05) is 19.8 Å². The van der Waals surface area contributed by atoms with Crippen LogP contribution in [0.4, 0.5) is 0 Å². The standard InChI is InChI=1S/C28H42NO9P/c1-5-6-23-37-22-14-20-26(3)9-7-17-13-18(30)8-10-25(17,2)24(26)19(31)15-27(20,4)28(22,38-23)21(32)16-36-39(33,34)35-12-11-29/h8,10,13,19-20,22-24,31H,5-7,9,11-12,14-16,29H2,1-4H3,(H,33,34)/t19-,20?,22+,23?,24+,25-,26-,27-,28+/m0/s1. The van der Waals surface area contributed by atoms with Crippen molar-refractivity contribution in [2.45, 2.75) is 90.3 Å². The lowest BCUT2D eigenvalue weighted by atomic mass is 9.40. The highest BCUT2D eigenvalue weighted by molar-refractivity contribution is 7.47. The number of Topliss-reactive ketones (excluding diaryl/α,β-unsaturated/α-hetero) is 1. The summed E-state index contributed by atoms with van der Waals surface area (Å²) in [7, 11) is -4.50. The van der Waals surface area contributed by atoms with Crippen LogP contribution in [0.25, 0.3) is 0 Å². The van der Waals surface area contributed by atoms with Crippen molar-refractivity contribution in [3.63, 3.8) is 0 Å². The molecule has 11 heteroatoms. The molecule has 3 saturated carbocycles. The van der Waals surface area contributed by atoms with E-state index in [2.05, 4.69) is 13.8 Å². The highest BCUT2D eigenvalue weighted by Gasteiger charge is 2.78. The smallest absolute Gasteiger partial charge is 0.393 e. The van der Waals surface area contributed by atoms with Crippen LogP contribution in [0.1, 0.15) is 66.2 Å². The number of ether oxygens (including phenoxy) is 2. The van der Waals surface area contributed by atoms with Crippen LogP contribution in [0.5, 0.6) is 0 Å². The third kappa shape index (κ3) is 4.29. The van der Waals surface area contributed by atoms with Crippen molar-refractivity contribution in [2.24, 2.45) is 33.8 Å². The number of carbonyl (C=O) groups excluding carboxylic acids is 2. The minimum atomic E-state index is -4.50. The molecule has 0 aromatic carbocycles. The minimum absolute atomic E-state index is 0.0263. The second-order valence-electron chi connectivity index (χ2n) is 12.6. The number of allylic oxidation sites excluding steroid dienone is 4. The third-order valence-corrected chi connectivity index (χ3v) is 11.5. The van der Waals surface area contributed by atoms with Gasteiger partial charge in [-0.3, -0.25) is 18.6 Å². The van der Waals surface area contributed by atoms with Crippen LogP contribution in [0.15, 0.2) is 23.8 Å². The summed E-state index contributed by atoms with van der Waals surface area (Å²) in [6.45, 7) is 7.45. The second-order valence-corrected chi connectivity index (χ2v) is 14.1. The number of aliphatic hydroxyl groups excluding tert-OH is 1. The number of phosphoric acid groups is 1. The Morgan fingerprint density at radius 3 is 2.72 bits per heavy atom. The van der Waals surface area contributed by atoms with Gasteiger partial charge in [0.05, 0.1) is 18.8 Å². The van der Waals surface area contributed by atoms with Crippen molar-refractivity contribution in [1.29, 1.82) is 0 Å². The van der Waals surface area contributed by atoms with Crippen molar-refractivity contribution in [3.8, 4) is 0 Å². The van der Waals surface area contributed by atoms with Crippen LogP contribution < -0.4 is 5.73 Å². The number of rotatable bonds is 9. The summed E-state index contributed by atoms with van der Waals surface area (Å²) in [6, 6.07) is 0. The molecule has 5 aliphatic rings. The number of aliphatic hydroxyl groups is 1. The van der Waals surface area contributed by atoms with Crippen molar-refractivity contribution in [1.82, 2.24) is 0 Å². The summed E-state index contributed by atoms with van der Waals surface area (Å²) >= 11 is 0. The van der Waals surface area contributed by atoms with Crippen LogP contribution in [0.3, 0.4) is 0 Å². The molecule has 0 bridgehead atoms. The number of nitrogens with two attached hydrogens (primary N) is 1. The third-order valence-electron chi connectivity index (χ3n) is 10.5. The van der Waals surface area contributed by atoms with Gasteiger partial charge in [-0.25, -0.2) is 4.57 Å². The molecule has 10 nitrogen and oxygen atoms in total. The van der Waals surface area contributed by atoms with Gasteiger partial charge in [0.2, 0.25) is 0 Å². The first-order valence-corrected chi connectivity index (χ1v) is 15.6. The lowest BCUT2D eigenvalue weighted by Crippen LogP contribution is -2.66. The maximum atomic E-state index is 14.1. The number of carbonyl (C=O) groups is 2. The molecule has 5 rings (SSSR count). The Kier molecular flexibility index (Phi) is 7.47. The van der Waals surface area contributed by atoms with Gasteiger partial charge < -0.3 is 25.2 Å². The van der Waals surface area contributed by atoms with Crippen molar-refractivity contribution in [3.05, 3.63) is 23.8 Å². The highest BCUT2D eigenvalue weighted by Crippen LogP contribution is 2.74. The minimum Gasteiger partial charge on any atom is -0.393 e. The molecule has 0 aromatic heterocycles. The molecule has 1 aliphatic heterocycles. The first kappa shape index (κ1) is 29.3. The molecule has 10 atom stereocenters. The van der Waals surface area contributed by atoms with Crippen LogP contribution >= 0.6 is 7.82 Å². The predicted octanol–water partition coefficient (Wildman–Crippen LogP) is 3.21. The topological polar surface area (TPSA) is 155 Å². The van der Waals surface area contributed by atoms with E-state index < -0.39 is 55.1 Å². The molecule has 4 N–H and O–H groups in total. The lowest BCUT2D eigenvalue weighted by molar-refractivity contribution is -0.220. The van der Waals surface area contributed by atoms with Gasteiger partial charge in [0.15, 0.2) is 23.5 Å². The van der Waals surface area contributed by atoms with Crippen molar-refractivity contribution >= 4 is 19.4 Å². The molecule has 1 saturated heterocycles. The number of ketones is 2. The summed E-state index contributed by atoms with van der Waals surface area (Å²) in [5.41, 5.74) is 3.28. The van der Waals surface area contributed by atoms with E-state index in [1.165, 1.54) is 0 Å². The van der Waals surface area contributed by atoms with Gasteiger partial charge in [-0.2, -0.15) is 0 Å². The first-order chi connectivity index (χ1) is 18.3. The van der Waals surface area contributed by atoms with Gasteiger partial charge in [0, 0.05) is 23.3 Å². The number of fused-ring (bicyclic) bond motifs is 7. The Morgan fingerprint density at radius 2 is 2.03 bits per heavy atom. The molecular formula is C28H42NO9P. The molecule has 4 fully saturated rings. The highest BCUT2D eigenvalue weighted by atomic mass is 31.2. The maximum absolute atomic E-state index is 14.1. The maximum Gasteiger partial charge on any atom is 0.472 e. The quantitative estimate of drug-likeness (QED) is 0.354. The van der Waals surface area contributed by atoms with E-state index >= 15 is 0 Å². The molecule has 4 aliphatic carbocycles. The molecule has 218 valence electrons. The SMILES string of the molecule is CCCC1O[C@@H]2CC3[C@]4(C)CCC5=CC(=O)C=C[C@]5(C)[C@H]4[C@@H](O)C[C@]3(C)[C@]2(C(=O)COP(=O)(O)OCCN)O1. The van der Waals surface area contributed by atoms with Crippen LogP contribution in [-0.4, -0.2) is 65.4 Å². The van der Waals surface area contributed by atoms with E-state index in [4.69, 9.17) is 24.3 Å². The van der Waals surface area contributed by atoms with Gasteiger partial charge >= 0.3 is 7.82 Å². The fraction of sp³-hybridized carbons (Fsp3) is 0.786. The van der Waals surface area contributed by atoms with Crippen LogP contribution in [-0.2, 0) is 32.7 Å². The zero-order valence-electron chi connectivity index (χ0n) is 23.3. The van der Waals surface area contributed by atoms with Gasteiger partial charge in [-0.1, -0.05) is 45.8 Å². The van der Waals surface area contributed by atoms with Gasteiger partial charge in [0.1, 0.15) is 6.61 Å². The summed E-state index contributed by atoms with van der Waals surface area (Å²) < 4.78 is 35.2. The second kappa shape index (κ2) is 9.95. The number of phosphoric ester groups is 1. The fourth-order valence-electron chi connectivity index (χ4n) is 9.13. The average molecular weight is 568 g/mol. The van der Waals surface area contributed by atoms with E-state index in [9.17, 15) is 24.2 Å². The Bertz CT molecular complexity index is 1140. The van der Waals surface area contributed by atoms with Gasteiger partial charge in [-0.15, -0.1) is 0 Å². The Labute approximate surface area is 229 Å². The lowest BCUT2D eigenvalue weighted by Gasteiger charge is -2.64. The fourth-order valence-corrected chi connectivity index (χ4v) is 9.82. The zero-order chi connectivity index (χ0) is 28.4. The monoisotopic (exact) mass is 567 g/mol. The summed E-state index contributed by atoms with van der Waals surface area (Å²) in [5, 5.41) is 11.9. The van der Waals surface area contributed by atoms with Crippen LogP contribution in [0.2, 0.25) is 0 Å². The normalized spacial score (nSPS) is 46.1. The summed E-state index contributed by atoms with van der Waals surface area (Å²) in [4.78, 5) is 36.3. The molecule has 39 heavy (non-hydrogen) atoms. The molecule has 0 aromatic rings. The molecule has 0 radical (unpaired) electrons. The van der Waals surface area contributed by atoms with Gasteiger partial charge in [0.25, 0.3) is 0 Å². The summed E-state index contributed by atoms with van der Waals surface area (Å²) in [6.07, 6.45) is 7.01. The zero-order valence-corrected chi connectivity index (χ0v) is 24.2. The first-order valence-electron chi connectivity index (χ1n) is 14.1. The predicted molar refractivity (Wildman–Crippen MR) is 141 cm³/mol. The van der Waals surface area contributed by atoms with E-state index in [0.717, 1.165) is 24.8 Å². The average Bonchev–Trinajstić information content (AvgIpc) is 3.35. The van der Waals surface area contributed by atoms with E-state index in [1.54, 1.807) is 12.2 Å². The van der Waals surface area contributed by atoms with E-state index in [1.807, 2.05) is 19.9 Å². The van der Waals surface area contributed by atoms with Gasteiger partial charge in [-0.05, 0) is 55.6 Å². The van der Waals surface area contributed by atoms with E-state index in [-0.39, 0.29) is 42.6 Å². The molecule has 0 amide bonds. The largest absolute Gasteiger partial charge is 0.472 e.